The number of carbonyl (C=O) groups excluding carboxylic acids is 2. The zero-order valence-corrected chi connectivity index (χ0v) is 24.7. The number of nitrogens with zero attached hydrogens (tertiary/aromatic N) is 3. The average Bonchev–Trinajstić information content (AvgIpc) is 3.40. The Bertz CT molecular complexity index is 1780. The number of hydrogen-bond acceptors (Lipinski definition) is 5. The van der Waals surface area contributed by atoms with Crippen LogP contribution in [-0.4, -0.2) is 21.5 Å². The lowest BCUT2D eigenvalue weighted by Crippen LogP contribution is -2.38. The first-order chi connectivity index (χ1) is 19.1. The van der Waals surface area contributed by atoms with Gasteiger partial charge in [0.2, 0.25) is 11.8 Å². The first-order valence-corrected chi connectivity index (χ1v) is 14.6. The van der Waals surface area contributed by atoms with Crippen LogP contribution in [0.5, 0.6) is 5.88 Å². The molecule has 0 saturated carbocycles. The zero-order valence-electron chi connectivity index (χ0n) is 22.3. The average molecular weight is 619 g/mol. The Hall–Kier alpha value is -3.82. The van der Waals surface area contributed by atoms with E-state index in [-0.39, 0.29) is 28.9 Å². The Morgan fingerprint density at radius 2 is 1.73 bits per heavy atom. The molecule has 1 unspecified atom stereocenters. The number of hydrogen-bond donors (Lipinski definition) is 1. The third-order valence-corrected chi connectivity index (χ3v) is 8.35. The lowest BCUT2D eigenvalue weighted by atomic mass is 9.96. The van der Waals surface area contributed by atoms with Crippen molar-refractivity contribution < 1.29 is 14.7 Å². The summed E-state index contributed by atoms with van der Waals surface area (Å²) in [6.07, 6.45) is 0.956. The maximum atomic E-state index is 13.9. The molecular formula is C31H28BrN3O4S. The van der Waals surface area contributed by atoms with Gasteiger partial charge >= 0.3 is 4.87 Å². The fraction of sp³-hybridized carbons (Fsp3) is 0.226. The standard InChI is InChI=1S/C31H28BrN3O4S/c1-18(2)15-20-9-11-21(12-10-20)19(3)29(37)34(23-7-5-4-6-8-23)17-35-30(38)27(40-31(35)39)26-24-16-22(32)13-14-25(24)33-28(26)36/h4-14,16,18-19,38H,15,17H2,1-3H3. The molecule has 40 heavy (non-hydrogen) atoms. The van der Waals surface area contributed by atoms with Gasteiger partial charge in [0.25, 0.3) is 5.91 Å². The molecule has 0 spiro atoms. The van der Waals surface area contributed by atoms with Crippen molar-refractivity contribution in [2.45, 2.75) is 39.8 Å². The predicted molar refractivity (Wildman–Crippen MR) is 160 cm³/mol. The fourth-order valence-electron chi connectivity index (χ4n) is 4.81. The second-order valence-corrected chi connectivity index (χ2v) is 12.1. The molecule has 0 fully saturated rings. The molecule has 7 nitrogen and oxygen atoms in total. The first kappa shape index (κ1) is 27.7. The van der Waals surface area contributed by atoms with Crippen molar-refractivity contribution in [3.63, 3.8) is 0 Å². The van der Waals surface area contributed by atoms with Gasteiger partial charge in [0.05, 0.1) is 16.8 Å². The minimum atomic E-state index is -0.526. The molecule has 1 aliphatic heterocycles. The fourth-order valence-corrected chi connectivity index (χ4v) is 6.10. The summed E-state index contributed by atoms with van der Waals surface area (Å²) in [5.74, 6) is -1.10. The number of fused-ring (bicyclic) bond motifs is 1. The number of para-hydroxylation sites is 1. The van der Waals surface area contributed by atoms with Crippen molar-refractivity contribution >= 4 is 50.3 Å². The number of aromatic hydroxyl groups is 1. The molecule has 1 N–H and O–H groups in total. The molecule has 5 rings (SSSR count). The number of benzene rings is 3. The quantitative estimate of drug-likeness (QED) is 0.309. The number of aromatic nitrogens is 1. The third kappa shape index (κ3) is 5.44. The SMILES string of the molecule is CC(C)Cc1ccc(C(C)C(=O)N(Cn2c(O)c(C3=c4cc(Br)ccc4=NC3=O)sc2=O)c2ccccc2)cc1. The highest BCUT2D eigenvalue weighted by Crippen LogP contribution is 2.30. The molecule has 4 aromatic rings. The van der Waals surface area contributed by atoms with Gasteiger partial charge in [0.15, 0.2) is 0 Å². The van der Waals surface area contributed by atoms with E-state index in [9.17, 15) is 19.5 Å². The van der Waals surface area contributed by atoms with Crippen molar-refractivity contribution in [3.05, 3.63) is 114 Å². The van der Waals surface area contributed by atoms with Crippen LogP contribution < -0.4 is 20.3 Å². The van der Waals surface area contributed by atoms with Crippen LogP contribution in [0.1, 0.15) is 42.7 Å². The molecule has 2 heterocycles. The van der Waals surface area contributed by atoms with Crippen LogP contribution >= 0.6 is 27.3 Å². The third-order valence-electron chi connectivity index (χ3n) is 6.87. The van der Waals surface area contributed by atoms with Crippen molar-refractivity contribution in [2.24, 2.45) is 10.9 Å². The zero-order chi connectivity index (χ0) is 28.6. The first-order valence-electron chi connectivity index (χ1n) is 12.9. The molecule has 204 valence electrons. The van der Waals surface area contributed by atoms with Gasteiger partial charge in [0, 0.05) is 15.4 Å². The van der Waals surface area contributed by atoms with E-state index in [1.54, 1.807) is 30.3 Å². The maximum Gasteiger partial charge on any atom is 0.312 e. The molecule has 2 amide bonds. The Balaban J connectivity index is 1.52. The van der Waals surface area contributed by atoms with Crippen LogP contribution in [0.15, 0.2) is 87.1 Å². The summed E-state index contributed by atoms with van der Waals surface area (Å²) in [6.45, 7) is 5.95. The largest absolute Gasteiger partial charge is 0.493 e. The number of carbonyl (C=O) groups is 2. The Labute approximate surface area is 243 Å². The van der Waals surface area contributed by atoms with E-state index in [1.165, 1.54) is 10.5 Å². The van der Waals surface area contributed by atoms with Crippen molar-refractivity contribution in [1.29, 1.82) is 0 Å². The summed E-state index contributed by atoms with van der Waals surface area (Å²) in [6, 6.07) is 22.3. The summed E-state index contributed by atoms with van der Waals surface area (Å²) in [7, 11) is 0. The van der Waals surface area contributed by atoms with Gasteiger partial charge in [-0.25, -0.2) is 4.99 Å². The van der Waals surface area contributed by atoms with Gasteiger partial charge in [0.1, 0.15) is 11.5 Å². The molecular weight excluding hydrogens is 590 g/mol. The van der Waals surface area contributed by atoms with Crippen LogP contribution in [0.25, 0.3) is 5.57 Å². The maximum absolute atomic E-state index is 13.9. The topological polar surface area (TPSA) is 92.0 Å². The van der Waals surface area contributed by atoms with E-state index in [1.807, 2.05) is 49.4 Å². The molecule has 1 atom stereocenters. The second kappa shape index (κ2) is 11.3. The van der Waals surface area contributed by atoms with Gasteiger partial charge in [-0.3, -0.25) is 23.9 Å². The monoisotopic (exact) mass is 617 g/mol. The minimum absolute atomic E-state index is 0.129. The summed E-state index contributed by atoms with van der Waals surface area (Å²) < 4.78 is 1.87. The van der Waals surface area contributed by atoms with Crippen LogP contribution in [0.3, 0.4) is 0 Å². The van der Waals surface area contributed by atoms with Crippen LogP contribution in [0.4, 0.5) is 5.69 Å². The van der Waals surface area contributed by atoms with E-state index in [0.717, 1.165) is 32.4 Å². The van der Waals surface area contributed by atoms with Crippen LogP contribution in [-0.2, 0) is 22.7 Å². The number of anilines is 1. The highest BCUT2D eigenvalue weighted by Gasteiger charge is 2.29. The van der Waals surface area contributed by atoms with Crippen LogP contribution in [0, 0.1) is 5.92 Å². The number of halogens is 1. The lowest BCUT2D eigenvalue weighted by molar-refractivity contribution is -0.120. The van der Waals surface area contributed by atoms with Crippen molar-refractivity contribution in [2.75, 3.05) is 4.90 Å². The summed E-state index contributed by atoms with van der Waals surface area (Å²) in [5, 5.41) is 12.2. The molecule has 0 saturated heterocycles. The van der Waals surface area contributed by atoms with E-state index in [2.05, 4.69) is 34.8 Å². The van der Waals surface area contributed by atoms with Gasteiger partial charge in [-0.05, 0) is 60.7 Å². The molecule has 1 aromatic heterocycles. The van der Waals surface area contributed by atoms with Gasteiger partial charge < -0.3 is 5.11 Å². The Morgan fingerprint density at radius 1 is 1.02 bits per heavy atom. The summed E-state index contributed by atoms with van der Waals surface area (Å²) in [4.78, 5) is 45.1. The Kier molecular flexibility index (Phi) is 7.87. The normalized spacial score (nSPS) is 13.3. The number of rotatable bonds is 8. The smallest absolute Gasteiger partial charge is 0.312 e. The second-order valence-electron chi connectivity index (χ2n) is 10.2. The molecule has 0 bridgehead atoms. The van der Waals surface area contributed by atoms with Crippen molar-refractivity contribution in [1.82, 2.24) is 4.57 Å². The van der Waals surface area contributed by atoms with E-state index >= 15 is 0 Å². The number of thiazole rings is 1. The van der Waals surface area contributed by atoms with Gasteiger partial charge in [-0.1, -0.05) is 83.6 Å². The highest BCUT2D eigenvalue weighted by atomic mass is 79.9. The molecule has 0 radical (unpaired) electrons. The summed E-state index contributed by atoms with van der Waals surface area (Å²) >= 11 is 4.17. The number of amides is 2. The molecule has 0 aliphatic carbocycles. The Morgan fingerprint density at radius 3 is 2.40 bits per heavy atom. The highest BCUT2D eigenvalue weighted by molar-refractivity contribution is 9.10. The van der Waals surface area contributed by atoms with Crippen molar-refractivity contribution in [3.8, 4) is 5.88 Å². The minimum Gasteiger partial charge on any atom is -0.493 e. The predicted octanol–water partition coefficient (Wildman–Crippen LogP) is 4.73. The van der Waals surface area contributed by atoms with E-state index in [4.69, 9.17) is 0 Å². The molecule has 9 heteroatoms. The summed E-state index contributed by atoms with van der Waals surface area (Å²) in [5.41, 5.74) is 2.82. The van der Waals surface area contributed by atoms with Gasteiger partial charge in [-0.15, -0.1) is 0 Å². The van der Waals surface area contributed by atoms with Gasteiger partial charge in [-0.2, -0.15) is 0 Å². The van der Waals surface area contributed by atoms with E-state index in [0.29, 0.717) is 22.2 Å². The van der Waals surface area contributed by atoms with Crippen LogP contribution in [0.2, 0.25) is 0 Å². The lowest BCUT2D eigenvalue weighted by Gasteiger charge is -2.26. The van der Waals surface area contributed by atoms with E-state index < -0.39 is 16.7 Å². The molecule has 3 aromatic carbocycles. The molecule has 1 aliphatic rings.